The maximum atomic E-state index is 11.4. The molecule has 0 N–H and O–H groups in total. The van der Waals surface area contributed by atoms with Crippen LogP contribution in [0.1, 0.15) is 23.0 Å². The Morgan fingerprint density at radius 2 is 2.12 bits per heavy atom. The summed E-state index contributed by atoms with van der Waals surface area (Å²) in [4.78, 5) is 15.4. The minimum absolute atomic E-state index is 0.350. The van der Waals surface area contributed by atoms with Gasteiger partial charge in [0, 0.05) is 12.7 Å². The fourth-order valence-corrected chi connectivity index (χ4v) is 1.55. The normalized spacial score (nSPS) is 10.2. The standard InChI is InChI=1S/C13H14N2O2/c1-2-17-13(16)12-9-15(10-14-12)8-11-6-4-3-5-7-11/h3-7,9-10H,2,8H2,1H3. The molecule has 0 atom stereocenters. The molecule has 0 spiro atoms. The van der Waals surface area contributed by atoms with Crippen molar-refractivity contribution in [2.24, 2.45) is 0 Å². The number of ether oxygens (including phenoxy) is 1. The van der Waals surface area contributed by atoms with Crippen LogP contribution in [0.2, 0.25) is 0 Å². The molecular formula is C13H14N2O2. The number of rotatable bonds is 4. The number of esters is 1. The maximum Gasteiger partial charge on any atom is 0.358 e. The molecule has 0 saturated heterocycles. The maximum absolute atomic E-state index is 11.4. The van der Waals surface area contributed by atoms with Crippen LogP contribution in [0.5, 0.6) is 0 Å². The van der Waals surface area contributed by atoms with Gasteiger partial charge in [0.15, 0.2) is 5.69 Å². The summed E-state index contributed by atoms with van der Waals surface area (Å²) in [5.74, 6) is -0.376. The van der Waals surface area contributed by atoms with Crippen molar-refractivity contribution in [3.8, 4) is 0 Å². The summed E-state index contributed by atoms with van der Waals surface area (Å²) < 4.78 is 6.74. The summed E-state index contributed by atoms with van der Waals surface area (Å²) in [5.41, 5.74) is 1.52. The van der Waals surface area contributed by atoms with E-state index in [1.807, 2.05) is 34.9 Å². The van der Waals surface area contributed by atoms with Crippen molar-refractivity contribution >= 4 is 5.97 Å². The molecule has 0 bridgehead atoms. The fraction of sp³-hybridized carbons (Fsp3) is 0.231. The smallest absolute Gasteiger partial charge is 0.358 e. The zero-order valence-corrected chi connectivity index (χ0v) is 9.67. The van der Waals surface area contributed by atoms with Crippen LogP contribution in [0.3, 0.4) is 0 Å². The van der Waals surface area contributed by atoms with Gasteiger partial charge in [0.2, 0.25) is 0 Å². The van der Waals surface area contributed by atoms with Gasteiger partial charge in [0.1, 0.15) is 0 Å². The zero-order valence-electron chi connectivity index (χ0n) is 9.67. The molecule has 0 aliphatic rings. The summed E-state index contributed by atoms with van der Waals surface area (Å²) in [6.07, 6.45) is 3.34. The second-order valence-electron chi connectivity index (χ2n) is 3.64. The molecule has 2 aromatic rings. The minimum atomic E-state index is -0.376. The van der Waals surface area contributed by atoms with Gasteiger partial charge >= 0.3 is 5.97 Å². The van der Waals surface area contributed by atoms with Gasteiger partial charge in [-0.3, -0.25) is 0 Å². The van der Waals surface area contributed by atoms with E-state index in [-0.39, 0.29) is 5.97 Å². The topological polar surface area (TPSA) is 44.1 Å². The first-order chi connectivity index (χ1) is 8.29. The first-order valence-corrected chi connectivity index (χ1v) is 5.52. The van der Waals surface area contributed by atoms with Crippen LogP contribution in [-0.4, -0.2) is 22.1 Å². The molecule has 0 saturated carbocycles. The Morgan fingerprint density at radius 3 is 2.82 bits per heavy atom. The largest absolute Gasteiger partial charge is 0.461 e. The Balaban J connectivity index is 2.06. The average molecular weight is 230 g/mol. The van der Waals surface area contributed by atoms with E-state index >= 15 is 0 Å². The third kappa shape index (κ3) is 2.93. The molecule has 0 amide bonds. The number of hydrogen-bond acceptors (Lipinski definition) is 3. The number of benzene rings is 1. The number of imidazole rings is 1. The molecule has 4 nitrogen and oxygen atoms in total. The molecule has 0 aliphatic carbocycles. The van der Waals surface area contributed by atoms with Gasteiger partial charge in [-0.2, -0.15) is 0 Å². The van der Waals surface area contributed by atoms with E-state index in [2.05, 4.69) is 4.98 Å². The van der Waals surface area contributed by atoms with Crippen LogP contribution in [-0.2, 0) is 11.3 Å². The summed E-state index contributed by atoms with van der Waals surface area (Å²) in [6, 6.07) is 10.0. The molecule has 1 aromatic heterocycles. The monoisotopic (exact) mass is 230 g/mol. The fourth-order valence-electron chi connectivity index (χ4n) is 1.55. The van der Waals surface area contributed by atoms with Gasteiger partial charge in [-0.25, -0.2) is 9.78 Å². The number of nitrogens with zero attached hydrogens (tertiary/aromatic N) is 2. The molecule has 0 unspecified atom stereocenters. The van der Waals surface area contributed by atoms with Gasteiger partial charge in [-0.15, -0.1) is 0 Å². The summed E-state index contributed by atoms with van der Waals surface area (Å²) >= 11 is 0. The lowest BCUT2D eigenvalue weighted by Crippen LogP contribution is -2.04. The van der Waals surface area contributed by atoms with Crippen molar-refractivity contribution in [3.63, 3.8) is 0 Å². The van der Waals surface area contributed by atoms with Crippen LogP contribution < -0.4 is 0 Å². The molecule has 4 heteroatoms. The second kappa shape index (κ2) is 5.30. The van der Waals surface area contributed by atoms with Crippen molar-refractivity contribution in [2.45, 2.75) is 13.5 Å². The first kappa shape index (κ1) is 11.4. The molecule has 88 valence electrons. The van der Waals surface area contributed by atoms with Gasteiger partial charge in [0.25, 0.3) is 0 Å². The van der Waals surface area contributed by atoms with Crippen LogP contribution in [0.25, 0.3) is 0 Å². The molecule has 2 rings (SSSR count). The minimum Gasteiger partial charge on any atom is -0.461 e. The molecule has 0 radical (unpaired) electrons. The molecule has 17 heavy (non-hydrogen) atoms. The Morgan fingerprint density at radius 1 is 1.35 bits per heavy atom. The predicted octanol–water partition coefficient (Wildman–Crippen LogP) is 2.11. The van der Waals surface area contributed by atoms with Gasteiger partial charge in [-0.05, 0) is 12.5 Å². The number of hydrogen-bond donors (Lipinski definition) is 0. The van der Waals surface area contributed by atoms with E-state index in [9.17, 15) is 4.79 Å². The summed E-state index contributed by atoms with van der Waals surface area (Å²) in [7, 11) is 0. The van der Waals surface area contributed by atoms with Crippen molar-refractivity contribution < 1.29 is 9.53 Å². The lowest BCUT2D eigenvalue weighted by molar-refractivity contribution is 0.0520. The summed E-state index contributed by atoms with van der Waals surface area (Å²) in [6.45, 7) is 2.84. The Kier molecular flexibility index (Phi) is 3.55. The van der Waals surface area contributed by atoms with Gasteiger partial charge in [0.05, 0.1) is 12.9 Å². The zero-order chi connectivity index (χ0) is 12.1. The predicted molar refractivity (Wildman–Crippen MR) is 63.7 cm³/mol. The highest BCUT2D eigenvalue weighted by Gasteiger charge is 2.09. The second-order valence-corrected chi connectivity index (χ2v) is 3.64. The summed E-state index contributed by atoms with van der Waals surface area (Å²) in [5, 5.41) is 0. The van der Waals surface area contributed by atoms with E-state index in [4.69, 9.17) is 4.74 Å². The lowest BCUT2D eigenvalue weighted by Gasteiger charge is -2.01. The Bertz CT molecular complexity index is 491. The van der Waals surface area contributed by atoms with E-state index in [1.165, 1.54) is 5.56 Å². The SMILES string of the molecule is CCOC(=O)c1cn(Cc2ccccc2)cn1. The van der Waals surface area contributed by atoms with Gasteiger partial charge in [-0.1, -0.05) is 30.3 Å². The van der Waals surface area contributed by atoms with Crippen molar-refractivity contribution in [3.05, 3.63) is 54.1 Å². The molecule has 1 aromatic carbocycles. The van der Waals surface area contributed by atoms with Gasteiger partial charge < -0.3 is 9.30 Å². The Hall–Kier alpha value is -2.10. The Labute approximate surface area is 99.9 Å². The molecule has 0 aliphatic heterocycles. The van der Waals surface area contributed by atoms with Crippen LogP contribution in [0.15, 0.2) is 42.9 Å². The average Bonchev–Trinajstić information content (AvgIpc) is 2.79. The number of carbonyl (C=O) groups excluding carboxylic acids is 1. The van der Waals surface area contributed by atoms with Crippen LogP contribution >= 0.6 is 0 Å². The van der Waals surface area contributed by atoms with E-state index in [1.54, 1.807) is 19.4 Å². The quantitative estimate of drug-likeness (QED) is 0.755. The third-order valence-corrected chi connectivity index (χ3v) is 2.33. The molecular weight excluding hydrogens is 216 g/mol. The molecule has 0 fully saturated rings. The van der Waals surface area contributed by atoms with Crippen molar-refractivity contribution in [1.82, 2.24) is 9.55 Å². The van der Waals surface area contributed by atoms with E-state index in [0.29, 0.717) is 18.8 Å². The number of aromatic nitrogens is 2. The van der Waals surface area contributed by atoms with Crippen molar-refractivity contribution in [2.75, 3.05) is 6.61 Å². The number of carbonyl (C=O) groups is 1. The highest BCUT2D eigenvalue weighted by molar-refractivity contribution is 5.86. The first-order valence-electron chi connectivity index (χ1n) is 5.52. The highest BCUT2D eigenvalue weighted by Crippen LogP contribution is 2.04. The lowest BCUT2D eigenvalue weighted by atomic mass is 10.2. The van der Waals surface area contributed by atoms with E-state index in [0.717, 1.165) is 0 Å². The van der Waals surface area contributed by atoms with Crippen LogP contribution in [0, 0.1) is 0 Å². The molecule has 1 heterocycles. The third-order valence-electron chi connectivity index (χ3n) is 2.33. The van der Waals surface area contributed by atoms with Crippen LogP contribution in [0.4, 0.5) is 0 Å². The van der Waals surface area contributed by atoms with Crippen molar-refractivity contribution in [1.29, 1.82) is 0 Å². The highest BCUT2D eigenvalue weighted by atomic mass is 16.5. The van der Waals surface area contributed by atoms with E-state index < -0.39 is 0 Å².